The summed E-state index contributed by atoms with van der Waals surface area (Å²) in [6, 6.07) is 6.17. The van der Waals surface area contributed by atoms with Gasteiger partial charge in [0.25, 0.3) is 0 Å². The minimum absolute atomic E-state index is 0.130. The fourth-order valence-corrected chi connectivity index (χ4v) is 3.75. The summed E-state index contributed by atoms with van der Waals surface area (Å²) in [4.78, 5) is 12.9. The Kier molecular flexibility index (Phi) is 4.99. The Bertz CT molecular complexity index is 545. The average Bonchev–Trinajstić information content (AvgIpc) is 2.41. The van der Waals surface area contributed by atoms with Crippen LogP contribution in [0.15, 0.2) is 18.2 Å². The van der Waals surface area contributed by atoms with Crippen molar-refractivity contribution in [2.75, 3.05) is 5.32 Å². The van der Waals surface area contributed by atoms with Gasteiger partial charge in [0.2, 0.25) is 5.91 Å². The van der Waals surface area contributed by atoms with Crippen LogP contribution in [0, 0.1) is 37.0 Å². The Morgan fingerprint density at radius 2 is 1.91 bits per heavy atom. The van der Waals surface area contributed by atoms with E-state index >= 15 is 0 Å². The Morgan fingerprint density at radius 1 is 1.23 bits per heavy atom. The number of carbonyl (C=O) groups excluding carboxylic acids is 1. The Balaban J connectivity index is 2.15. The van der Waals surface area contributed by atoms with Crippen molar-refractivity contribution in [1.29, 1.82) is 0 Å². The molecule has 1 aliphatic rings. The van der Waals surface area contributed by atoms with Crippen LogP contribution < -0.4 is 5.32 Å². The molecule has 1 saturated carbocycles. The molecule has 1 N–H and O–H groups in total. The maximum Gasteiger partial charge on any atom is 0.227 e. The van der Waals surface area contributed by atoms with Gasteiger partial charge in [-0.1, -0.05) is 33.8 Å². The number of benzene rings is 1. The minimum Gasteiger partial charge on any atom is -0.326 e. The molecule has 2 rings (SSSR count). The molecule has 2 atom stereocenters. The third-order valence-electron chi connectivity index (χ3n) is 5.41. The second kappa shape index (κ2) is 6.44. The molecule has 122 valence electrons. The van der Waals surface area contributed by atoms with Crippen molar-refractivity contribution >= 4 is 11.6 Å². The molecule has 1 amide bonds. The number of hydrogen-bond acceptors (Lipinski definition) is 1. The first-order valence-electron chi connectivity index (χ1n) is 8.58. The molecule has 0 aromatic heterocycles. The largest absolute Gasteiger partial charge is 0.326 e. The lowest BCUT2D eigenvalue weighted by molar-refractivity contribution is -0.125. The standard InChI is InChI=1S/C20H31NO/c1-13(2)17-9-10-20(5,6)12-18(17)19(22)21-16-8-7-14(3)15(4)11-16/h7-8,11,13,17-18H,9-10,12H2,1-6H3,(H,21,22). The van der Waals surface area contributed by atoms with E-state index in [0.29, 0.717) is 11.8 Å². The van der Waals surface area contributed by atoms with Crippen LogP contribution in [-0.4, -0.2) is 5.91 Å². The van der Waals surface area contributed by atoms with Crippen molar-refractivity contribution in [3.05, 3.63) is 29.3 Å². The van der Waals surface area contributed by atoms with E-state index in [-0.39, 0.29) is 17.2 Å². The van der Waals surface area contributed by atoms with Crippen molar-refractivity contribution in [3.8, 4) is 0 Å². The molecule has 0 bridgehead atoms. The highest BCUT2D eigenvalue weighted by Crippen LogP contribution is 2.44. The normalized spacial score (nSPS) is 24.3. The predicted octanol–water partition coefficient (Wildman–Crippen LogP) is 5.34. The summed E-state index contributed by atoms with van der Waals surface area (Å²) in [5.41, 5.74) is 3.69. The quantitative estimate of drug-likeness (QED) is 0.802. The molecule has 22 heavy (non-hydrogen) atoms. The van der Waals surface area contributed by atoms with Gasteiger partial charge in [-0.2, -0.15) is 0 Å². The Hall–Kier alpha value is -1.31. The second-order valence-electron chi connectivity index (χ2n) is 8.21. The van der Waals surface area contributed by atoms with Crippen molar-refractivity contribution in [3.63, 3.8) is 0 Å². The molecule has 1 aromatic carbocycles. The number of carbonyl (C=O) groups is 1. The lowest BCUT2D eigenvalue weighted by Crippen LogP contribution is -2.39. The van der Waals surface area contributed by atoms with Crippen LogP contribution in [0.2, 0.25) is 0 Å². The molecule has 1 aliphatic carbocycles. The third kappa shape index (κ3) is 3.91. The van der Waals surface area contributed by atoms with Gasteiger partial charge in [-0.3, -0.25) is 4.79 Å². The fraction of sp³-hybridized carbons (Fsp3) is 0.650. The van der Waals surface area contributed by atoms with Crippen LogP contribution in [0.25, 0.3) is 0 Å². The average molecular weight is 301 g/mol. The molecule has 2 heteroatoms. The van der Waals surface area contributed by atoms with E-state index in [2.05, 4.69) is 59.0 Å². The molecule has 1 fully saturated rings. The van der Waals surface area contributed by atoms with Gasteiger partial charge < -0.3 is 5.32 Å². The van der Waals surface area contributed by atoms with E-state index in [4.69, 9.17) is 0 Å². The lowest BCUT2D eigenvalue weighted by atomic mass is 9.64. The zero-order chi connectivity index (χ0) is 16.5. The number of anilines is 1. The third-order valence-corrected chi connectivity index (χ3v) is 5.41. The van der Waals surface area contributed by atoms with Crippen molar-refractivity contribution in [2.45, 2.75) is 60.8 Å². The van der Waals surface area contributed by atoms with Crippen LogP contribution in [0.1, 0.15) is 58.1 Å². The summed E-state index contributed by atoms with van der Waals surface area (Å²) in [6.07, 6.45) is 3.38. The number of hydrogen-bond donors (Lipinski definition) is 1. The minimum atomic E-state index is 0.130. The lowest BCUT2D eigenvalue weighted by Gasteiger charge is -2.41. The zero-order valence-corrected chi connectivity index (χ0v) is 15.0. The summed E-state index contributed by atoms with van der Waals surface area (Å²) in [5, 5.41) is 3.16. The van der Waals surface area contributed by atoms with Gasteiger partial charge >= 0.3 is 0 Å². The van der Waals surface area contributed by atoms with Crippen molar-refractivity contribution < 1.29 is 4.79 Å². The summed E-state index contributed by atoms with van der Waals surface area (Å²) in [7, 11) is 0. The molecular weight excluding hydrogens is 270 g/mol. The van der Waals surface area contributed by atoms with Gasteiger partial charge in [0.15, 0.2) is 0 Å². The van der Waals surface area contributed by atoms with Gasteiger partial charge in [0.1, 0.15) is 0 Å². The first-order valence-corrected chi connectivity index (χ1v) is 8.58. The second-order valence-corrected chi connectivity index (χ2v) is 8.21. The smallest absolute Gasteiger partial charge is 0.227 e. The number of amides is 1. The molecule has 0 spiro atoms. The summed E-state index contributed by atoms with van der Waals surface area (Å²) in [5.74, 6) is 1.39. The molecule has 0 aliphatic heterocycles. The van der Waals surface area contributed by atoms with Crippen molar-refractivity contribution in [2.24, 2.45) is 23.2 Å². The highest BCUT2D eigenvalue weighted by Gasteiger charge is 2.39. The molecule has 0 heterocycles. The van der Waals surface area contributed by atoms with Crippen LogP contribution in [-0.2, 0) is 4.79 Å². The van der Waals surface area contributed by atoms with Crippen LogP contribution in [0.5, 0.6) is 0 Å². The molecular formula is C20H31NO. The van der Waals surface area contributed by atoms with E-state index in [0.717, 1.165) is 18.5 Å². The first kappa shape index (κ1) is 17.1. The topological polar surface area (TPSA) is 29.1 Å². The molecule has 2 unspecified atom stereocenters. The SMILES string of the molecule is Cc1ccc(NC(=O)C2CC(C)(C)CCC2C(C)C)cc1C. The highest BCUT2D eigenvalue weighted by atomic mass is 16.1. The van der Waals surface area contributed by atoms with Gasteiger partial charge in [0.05, 0.1) is 0 Å². The molecule has 1 aromatic rings. The predicted molar refractivity (Wildman–Crippen MR) is 94.0 cm³/mol. The monoisotopic (exact) mass is 301 g/mol. The summed E-state index contributed by atoms with van der Waals surface area (Å²) in [6.45, 7) is 13.3. The maximum absolute atomic E-state index is 12.9. The molecule has 2 nitrogen and oxygen atoms in total. The van der Waals surface area contributed by atoms with Gasteiger partial charge in [-0.05, 0) is 73.6 Å². The van der Waals surface area contributed by atoms with E-state index in [1.54, 1.807) is 0 Å². The Morgan fingerprint density at radius 3 is 2.50 bits per heavy atom. The number of aryl methyl sites for hydroxylation is 2. The van der Waals surface area contributed by atoms with Crippen LogP contribution in [0.4, 0.5) is 5.69 Å². The van der Waals surface area contributed by atoms with Gasteiger partial charge in [-0.15, -0.1) is 0 Å². The van der Waals surface area contributed by atoms with E-state index in [1.807, 2.05) is 6.07 Å². The fourth-order valence-electron chi connectivity index (χ4n) is 3.75. The molecule has 0 radical (unpaired) electrons. The number of nitrogens with one attached hydrogen (secondary N) is 1. The van der Waals surface area contributed by atoms with Gasteiger partial charge in [-0.25, -0.2) is 0 Å². The highest BCUT2D eigenvalue weighted by molar-refractivity contribution is 5.93. The van der Waals surface area contributed by atoms with Crippen LogP contribution in [0.3, 0.4) is 0 Å². The summed E-state index contributed by atoms with van der Waals surface area (Å²) >= 11 is 0. The Labute approximate surface area is 135 Å². The van der Waals surface area contributed by atoms with Gasteiger partial charge in [0, 0.05) is 11.6 Å². The van der Waals surface area contributed by atoms with Crippen molar-refractivity contribution in [1.82, 2.24) is 0 Å². The van der Waals surface area contributed by atoms with Crippen LogP contribution >= 0.6 is 0 Å². The summed E-state index contributed by atoms with van der Waals surface area (Å²) < 4.78 is 0. The van der Waals surface area contributed by atoms with E-state index < -0.39 is 0 Å². The van der Waals surface area contributed by atoms with E-state index in [9.17, 15) is 4.79 Å². The maximum atomic E-state index is 12.9. The molecule has 0 saturated heterocycles. The zero-order valence-electron chi connectivity index (χ0n) is 15.0. The van der Waals surface area contributed by atoms with E-state index in [1.165, 1.54) is 17.5 Å². The first-order chi connectivity index (χ1) is 10.2. The number of rotatable bonds is 3.